The second-order valence-electron chi connectivity index (χ2n) is 4.21. The van der Waals surface area contributed by atoms with Crippen molar-refractivity contribution in [3.8, 4) is 11.5 Å². The number of esters is 1. The maximum Gasteiger partial charge on any atom is 0.313 e. The van der Waals surface area contributed by atoms with Crippen LogP contribution in [0.25, 0.3) is 0 Å². The summed E-state index contributed by atoms with van der Waals surface area (Å²) in [6, 6.07) is 4.76. The maximum atomic E-state index is 11.9. The maximum absolute atomic E-state index is 11.9. The molecule has 1 rings (SSSR count). The van der Waals surface area contributed by atoms with Crippen LogP contribution in [0.2, 0.25) is 0 Å². The monoisotopic (exact) mass is 266 g/mol. The predicted octanol–water partition coefficient (Wildman–Crippen LogP) is 2.23. The summed E-state index contributed by atoms with van der Waals surface area (Å²) in [5.41, 5.74) is 0.387. The number of hydrogen-bond acceptors (Lipinski definition) is 5. The van der Waals surface area contributed by atoms with Crippen molar-refractivity contribution in [2.45, 2.75) is 26.4 Å². The molecule has 0 saturated heterocycles. The number of ketones is 1. The van der Waals surface area contributed by atoms with Gasteiger partial charge in [-0.05, 0) is 32.0 Å². The highest BCUT2D eigenvalue weighted by molar-refractivity contribution is 6.06. The third-order valence-corrected chi connectivity index (χ3v) is 2.38. The molecule has 104 valence electrons. The normalized spacial score (nSPS) is 10.2. The Morgan fingerprint density at radius 2 is 1.74 bits per heavy atom. The lowest BCUT2D eigenvalue weighted by molar-refractivity contribution is -0.146. The van der Waals surface area contributed by atoms with Gasteiger partial charge in [0.05, 0.1) is 20.3 Å². The molecule has 0 saturated carbocycles. The minimum absolute atomic E-state index is 0.231. The minimum Gasteiger partial charge on any atom is -0.493 e. The van der Waals surface area contributed by atoms with Crippen LogP contribution in [0.4, 0.5) is 0 Å². The molecule has 5 heteroatoms. The molecule has 0 N–H and O–H groups in total. The third kappa shape index (κ3) is 4.28. The van der Waals surface area contributed by atoms with Crippen LogP contribution in [0.5, 0.6) is 11.5 Å². The molecule has 0 aliphatic carbocycles. The summed E-state index contributed by atoms with van der Waals surface area (Å²) in [5, 5.41) is 0. The molecule has 5 nitrogen and oxygen atoms in total. The lowest BCUT2D eigenvalue weighted by Gasteiger charge is -2.10. The molecule has 19 heavy (non-hydrogen) atoms. The van der Waals surface area contributed by atoms with Crippen molar-refractivity contribution in [3.05, 3.63) is 23.8 Å². The first kappa shape index (κ1) is 15.0. The standard InChI is InChI=1S/C14H18O5/c1-9(2)19-14(16)8-11(15)10-5-6-12(17-3)13(7-10)18-4/h5-7,9H,8H2,1-4H3. The second kappa shape index (κ2) is 6.78. The fourth-order valence-electron chi connectivity index (χ4n) is 1.55. The molecule has 0 aliphatic heterocycles. The van der Waals surface area contributed by atoms with Crippen LogP contribution in [0, 0.1) is 0 Å². The van der Waals surface area contributed by atoms with Crippen LogP contribution in [0.3, 0.4) is 0 Å². The first-order valence-corrected chi connectivity index (χ1v) is 5.92. The number of ether oxygens (including phenoxy) is 3. The van der Waals surface area contributed by atoms with Gasteiger partial charge in [0.2, 0.25) is 0 Å². The third-order valence-electron chi connectivity index (χ3n) is 2.38. The van der Waals surface area contributed by atoms with E-state index in [2.05, 4.69) is 0 Å². The Bertz CT molecular complexity index is 465. The molecule has 1 aromatic rings. The zero-order valence-corrected chi connectivity index (χ0v) is 11.6. The summed E-state index contributed by atoms with van der Waals surface area (Å²) in [4.78, 5) is 23.3. The second-order valence-corrected chi connectivity index (χ2v) is 4.21. The molecule has 0 unspecified atom stereocenters. The molecule has 0 bridgehead atoms. The van der Waals surface area contributed by atoms with Crippen LogP contribution in [0.15, 0.2) is 18.2 Å². The van der Waals surface area contributed by atoms with Gasteiger partial charge in [-0.1, -0.05) is 0 Å². The van der Waals surface area contributed by atoms with Gasteiger partial charge in [-0.25, -0.2) is 0 Å². The quantitative estimate of drug-likeness (QED) is 0.449. The van der Waals surface area contributed by atoms with E-state index in [9.17, 15) is 9.59 Å². The Morgan fingerprint density at radius 3 is 2.26 bits per heavy atom. The van der Waals surface area contributed by atoms with Crippen LogP contribution in [-0.4, -0.2) is 32.1 Å². The highest BCUT2D eigenvalue weighted by Crippen LogP contribution is 2.28. The Balaban J connectivity index is 2.80. The molecule has 0 atom stereocenters. The molecular formula is C14H18O5. The Hall–Kier alpha value is -2.04. The molecule has 1 aromatic carbocycles. The fraction of sp³-hybridized carbons (Fsp3) is 0.429. The summed E-state index contributed by atoms with van der Waals surface area (Å²) in [5.74, 6) is 0.135. The molecule has 0 fully saturated rings. The van der Waals surface area contributed by atoms with E-state index < -0.39 is 5.97 Å². The van der Waals surface area contributed by atoms with Gasteiger partial charge in [0, 0.05) is 5.56 Å². The number of carbonyl (C=O) groups is 2. The van der Waals surface area contributed by atoms with E-state index in [0.717, 1.165) is 0 Å². The van der Waals surface area contributed by atoms with Gasteiger partial charge in [0.1, 0.15) is 6.42 Å². The predicted molar refractivity (Wildman–Crippen MR) is 69.7 cm³/mol. The highest BCUT2D eigenvalue weighted by atomic mass is 16.5. The van der Waals surface area contributed by atoms with E-state index >= 15 is 0 Å². The summed E-state index contributed by atoms with van der Waals surface area (Å²) in [6.45, 7) is 3.47. The SMILES string of the molecule is COc1ccc(C(=O)CC(=O)OC(C)C)cc1OC. The van der Waals surface area contributed by atoms with Gasteiger partial charge in [0.25, 0.3) is 0 Å². The number of benzene rings is 1. The van der Waals surface area contributed by atoms with E-state index in [-0.39, 0.29) is 18.3 Å². The fourth-order valence-corrected chi connectivity index (χ4v) is 1.55. The van der Waals surface area contributed by atoms with Crippen LogP contribution < -0.4 is 9.47 Å². The number of Topliss-reactive ketones (excluding diaryl/α,β-unsaturated/α-hetero) is 1. The molecule has 0 heterocycles. The minimum atomic E-state index is -0.533. The zero-order chi connectivity index (χ0) is 14.4. The van der Waals surface area contributed by atoms with Crippen molar-refractivity contribution in [2.24, 2.45) is 0 Å². The van der Waals surface area contributed by atoms with Crippen LogP contribution in [-0.2, 0) is 9.53 Å². The van der Waals surface area contributed by atoms with Crippen LogP contribution in [0.1, 0.15) is 30.6 Å². The highest BCUT2D eigenvalue weighted by Gasteiger charge is 2.16. The van der Waals surface area contributed by atoms with E-state index in [0.29, 0.717) is 17.1 Å². The Labute approximate surface area is 112 Å². The van der Waals surface area contributed by atoms with Gasteiger partial charge in [-0.3, -0.25) is 9.59 Å². The lowest BCUT2D eigenvalue weighted by Crippen LogP contribution is -2.15. The summed E-state index contributed by atoms with van der Waals surface area (Å²) >= 11 is 0. The molecule has 0 aromatic heterocycles. The van der Waals surface area contributed by atoms with E-state index in [1.807, 2.05) is 0 Å². The molecule has 0 amide bonds. The molecular weight excluding hydrogens is 248 g/mol. The summed E-state index contributed by atoms with van der Waals surface area (Å²) < 4.78 is 15.1. The van der Waals surface area contributed by atoms with E-state index in [1.54, 1.807) is 32.0 Å². The smallest absolute Gasteiger partial charge is 0.313 e. The summed E-state index contributed by atoms with van der Waals surface area (Å²) in [6.07, 6.45) is -0.515. The number of carbonyl (C=O) groups excluding carboxylic acids is 2. The summed E-state index contributed by atoms with van der Waals surface area (Å²) in [7, 11) is 3.00. The van der Waals surface area contributed by atoms with Gasteiger partial charge in [-0.15, -0.1) is 0 Å². The van der Waals surface area contributed by atoms with Crippen LogP contribution >= 0.6 is 0 Å². The molecule has 0 spiro atoms. The first-order chi connectivity index (χ1) is 8.97. The average molecular weight is 266 g/mol. The van der Waals surface area contributed by atoms with E-state index in [4.69, 9.17) is 14.2 Å². The number of hydrogen-bond donors (Lipinski definition) is 0. The zero-order valence-electron chi connectivity index (χ0n) is 11.6. The van der Waals surface area contributed by atoms with Gasteiger partial charge in [-0.2, -0.15) is 0 Å². The average Bonchev–Trinajstić information content (AvgIpc) is 2.36. The number of rotatable bonds is 6. The van der Waals surface area contributed by atoms with E-state index in [1.165, 1.54) is 14.2 Å². The van der Waals surface area contributed by atoms with Gasteiger partial charge >= 0.3 is 5.97 Å². The molecule has 0 aliphatic rings. The van der Waals surface area contributed by atoms with Crippen molar-refractivity contribution in [3.63, 3.8) is 0 Å². The van der Waals surface area contributed by atoms with Crippen molar-refractivity contribution in [2.75, 3.05) is 14.2 Å². The number of methoxy groups -OCH3 is 2. The molecule has 0 radical (unpaired) electrons. The van der Waals surface area contributed by atoms with Crippen molar-refractivity contribution >= 4 is 11.8 Å². The van der Waals surface area contributed by atoms with Crippen molar-refractivity contribution in [1.82, 2.24) is 0 Å². The largest absolute Gasteiger partial charge is 0.493 e. The lowest BCUT2D eigenvalue weighted by atomic mass is 10.1. The van der Waals surface area contributed by atoms with Crippen molar-refractivity contribution < 1.29 is 23.8 Å². The van der Waals surface area contributed by atoms with Gasteiger partial charge < -0.3 is 14.2 Å². The Morgan fingerprint density at radius 1 is 1.11 bits per heavy atom. The van der Waals surface area contributed by atoms with Crippen molar-refractivity contribution in [1.29, 1.82) is 0 Å². The Kier molecular flexibility index (Phi) is 5.36. The first-order valence-electron chi connectivity index (χ1n) is 5.92. The topological polar surface area (TPSA) is 61.8 Å². The van der Waals surface area contributed by atoms with Gasteiger partial charge in [0.15, 0.2) is 17.3 Å².